The highest BCUT2D eigenvalue weighted by atomic mass is 35.5. The molecule has 0 radical (unpaired) electrons. The van der Waals surface area contributed by atoms with E-state index in [4.69, 9.17) is 16.3 Å². The summed E-state index contributed by atoms with van der Waals surface area (Å²) >= 11 is 6.12. The third-order valence-corrected chi connectivity index (χ3v) is 4.88. The van der Waals surface area contributed by atoms with Crippen LogP contribution in [0.2, 0.25) is 5.02 Å². The topological polar surface area (TPSA) is 32.8 Å². The Morgan fingerprint density at radius 1 is 1.12 bits per heavy atom. The maximum Gasteiger partial charge on any atom is 0.246 e. The Morgan fingerprint density at radius 3 is 2.62 bits per heavy atom. The Balaban J connectivity index is 1.51. The number of halogens is 1. The number of nitrogens with zero attached hydrogens (tertiary/aromatic N) is 2. The summed E-state index contributed by atoms with van der Waals surface area (Å²) in [6.07, 6.45) is 3.40. The number of carbonyl (C=O) groups is 1. The Hall–Kier alpha value is -2.30. The number of hydrogen-bond donors (Lipinski definition) is 0. The van der Waals surface area contributed by atoms with Crippen molar-refractivity contribution in [1.29, 1.82) is 0 Å². The second-order valence-electron chi connectivity index (χ2n) is 6.31. The lowest BCUT2D eigenvalue weighted by Gasteiger charge is -2.34. The van der Waals surface area contributed by atoms with Crippen LogP contribution in [0.15, 0.2) is 54.6 Å². The van der Waals surface area contributed by atoms with Crippen molar-refractivity contribution in [2.24, 2.45) is 0 Å². The van der Waals surface area contributed by atoms with Crippen LogP contribution < -0.4 is 4.74 Å². The molecule has 3 rings (SSSR count). The van der Waals surface area contributed by atoms with Crippen LogP contribution in [0.4, 0.5) is 0 Å². The van der Waals surface area contributed by atoms with Crippen LogP contribution in [0, 0.1) is 0 Å². The Kier molecular flexibility index (Phi) is 6.31. The highest BCUT2D eigenvalue weighted by Gasteiger charge is 2.19. The molecular weight excluding hydrogens is 348 g/mol. The monoisotopic (exact) mass is 370 g/mol. The zero-order valence-corrected chi connectivity index (χ0v) is 15.7. The van der Waals surface area contributed by atoms with Crippen LogP contribution in [0.25, 0.3) is 6.08 Å². The largest absolute Gasteiger partial charge is 0.497 e. The van der Waals surface area contributed by atoms with Gasteiger partial charge in [-0.1, -0.05) is 41.9 Å². The summed E-state index contributed by atoms with van der Waals surface area (Å²) in [4.78, 5) is 16.6. The molecule has 1 amide bonds. The minimum Gasteiger partial charge on any atom is -0.497 e. The number of piperazine rings is 1. The molecule has 1 fully saturated rings. The van der Waals surface area contributed by atoms with Crippen LogP contribution in [0.3, 0.4) is 0 Å². The van der Waals surface area contributed by atoms with Crippen molar-refractivity contribution in [2.45, 2.75) is 6.54 Å². The molecule has 26 heavy (non-hydrogen) atoms. The van der Waals surface area contributed by atoms with E-state index in [0.717, 1.165) is 44.0 Å². The third kappa shape index (κ3) is 4.87. The fourth-order valence-electron chi connectivity index (χ4n) is 3.03. The van der Waals surface area contributed by atoms with Crippen molar-refractivity contribution < 1.29 is 9.53 Å². The number of carbonyl (C=O) groups excluding carboxylic acids is 1. The molecule has 0 bridgehead atoms. The average Bonchev–Trinajstić information content (AvgIpc) is 2.68. The molecule has 136 valence electrons. The first-order valence-electron chi connectivity index (χ1n) is 8.72. The van der Waals surface area contributed by atoms with Crippen molar-refractivity contribution in [2.75, 3.05) is 33.3 Å². The van der Waals surface area contributed by atoms with Gasteiger partial charge >= 0.3 is 0 Å². The quantitative estimate of drug-likeness (QED) is 0.752. The molecule has 1 heterocycles. The molecule has 0 aliphatic carbocycles. The van der Waals surface area contributed by atoms with Crippen LogP contribution in [0.5, 0.6) is 5.75 Å². The van der Waals surface area contributed by atoms with Gasteiger partial charge in [0.25, 0.3) is 0 Å². The van der Waals surface area contributed by atoms with Gasteiger partial charge in [0.05, 0.1) is 7.11 Å². The van der Waals surface area contributed by atoms with E-state index in [-0.39, 0.29) is 5.91 Å². The first kappa shape index (κ1) is 18.5. The van der Waals surface area contributed by atoms with Crippen molar-refractivity contribution >= 4 is 23.6 Å². The van der Waals surface area contributed by atoms with Crippen LogP contribution >= 0.6 is 11.6 Å². The minimum absolute atomic E-state index is 0.0333. The van der Waals surface area contributed by atoms with Crippen LogP contribution in [-0.2, 0) is 11.3 Å². The van der Waals surface area contributed by atoms with E-state index in [1.165, 1.54) is 5.56 Å². The molecule has 1 aliphatic heterocycles. The van der Waals surface area contributed by atoms with Crippen molar-refractivity contribution in [1.82, 2.24) is 9.80 Å². The summed E-state index contributed by atoms with van der Waals surface area (Å²) in [6.45, 7) is 4.06. The molecule has 1 aliphatic rings. The molecular formula is C21H23ClN2O2. The van der Waals surface area contributed by atoms with E-state index >= 15 is 0 Å². The minimum atomic E-state index is 0.0333. The van der Waals surface area contributed by atoms with Gasteiger partial charge in [-0.15, -0.1) is 0 Å². The Bertz CT molecular complexity index is 783. The van der Waals surface area contributed by atoms with E-state index in [1.54, 1.807) is 19.3 Å². The maximum atomic E-state index is 12.4. The van der Waals surface area contributed by atoms with Crippen LogP contribution in [0.1, 0.15) is 11.1 Å². The molecule has 0 aromatic heterocycles. The number of ether oxygens (including phenoxy) is 1. The van der Waals surface area contributed by atoms with E-state index in [0.29, 0.717) is 5.02 Å². The van der Waals surface area contributed by atoms with Gasteiger partial charge in [0.1, 0.15) is 5.75 Å². The predicted octanol–water partition coefficient (Wildman–Crippen LogP) is 3.71. The van der Waals surface area contributed by atoms with Gasteiger partial charge in [0.2, 0.25) is 5.91 Å². The molecule has 2 aromatic rings. The summed E-state index contributed by atoms with van der Waals surface area (Å²) in [5, 5.41) is 0.652. The maximum absolute atomic E-state index is 12.4. The fraction of sp³-hybridized carbons (Fsp3) is 0.286. The lowest BCUT2D eigenvalue weighted by molar-refractivity contribution is -0.127. The SMILES string of the molecule is COc1cccc(CN2CCN(C(=O)/C=C/c3ccccc3Cl)CC2)c1. The van der Waals surface area contributed by atoms with Crippen molar-refractivity contribution in [3.8, 4) is 5.75 Å². The molecule has 4 nitrogen and oxygen atoms in total. The normalized spacial score (nSPS) is 15.4. The second kappa shape index (κ2) is 8.88. The first-order chi connectivity index (χ1) is 12.7. The van der Waals surface area contributed by atoms with E-state index in [2.05, 4.69) is 17.0 Å². The van der Waals surface area contributed by atoms with Gasteiger partial charge in [0, 0.05) is 43.8 Å². The van der Waals surface area contributed by atoms with Gasteiger partial charge in [-0.25, -0.2) is 0 Å². The van der Waals surface area contributed by atoms with Gasteiger partial charge in [0.15, 0.2) is 0 Å². The molecule has 0 unspecified atom stereocenters. The average molecular weight is 371 g/mol. The number of amides is 1. The zero-order valence-electron chi connectivity index (χ0n) is 14.9. The molecule has 0 saturated carbocycles. The fourth-order valence-corrected chi connectivity index (χ4v) is 3.23. The highest BCUT2D eigenvalue weighted by Crippen LogP contribution is 2.17. The number of hydrogen-bond acceptors (Lipinski definition) is 3. The van der Waals surface area contributed by atoms with E-state index in [1.807, 2.05) is 41.3 Å². The molecule has 0 N–H and O–H groups in total. The molecule has 1 saturated heterocycles. The summed E-state index contributed by atoms with van der Waals surface area (Å²) in [7, 11) is 1.68. The predicted molar refractivity (Wildman–Crippen MR) is 105 cm³/mol. The highest BCUT2D eigenvalue weighted by molar-refractivity contribution is 6.32. The van der Waals surface area contributed by atoms with Crippen molar-refractivity contribution in [3.63, 3.8) is 0 Å². The van der Waals surface area contributed by atoms with Gasteiger partial charge in [-0.05, 0) is 35.4 Å². The number of rotatable bonds is 5. The summed E-state index contributed by atoms with van der Waals surface area (Å²) in [5.74, 6) is 0.909. The Morgan fingerprint density at radius 2 is 1.88 bits per heavy atom. The van der Waals surface area contributed by atoms with E-state index < -0.39 is 0 Å². The summed E-state index contributed by atoms with van der Waals surface area (Å²) < 4.78 is 5.28. The molecule has 0 atom stereocenters. The van der Waals surface area contributed by atoms with Crippen molar-refractivity contribution in [3.05, 3.63) is 70.8 Å². The lowest BCUT2D eigenvalue weighted by atomic mass is 10.2. The van der Waals surface area contributed by atoms with Gasteiger partial charge in [-0.2, -0.15) is 0 Å². The summed E-state index contributed by atoms with van der Waals surface area (Å²) in [5.41, 5.74) is 2.09. The second-order valence-corrected chi connectivity index (χ2v) is 6.72. The molecule has 5 heteroatoms. The smallest absolute Gasteiger partial charge is 0.246 e. The third-order valence-electron chi connectivity index (χ3n) is 4.53. The molecule has 2 aromatic carbocycles. The summed E-state index contributed by atoms with van der Waals surface area (Å²) in [6, 6.07) is 15.6. The number of methoxy groups -OCH3 is 1. The van der Waals surface area contributed by atoms with Gasteiger partial charge < -0.3 is 9.64 Å². The van der Waals surface area contributed by atoms with Gasteiger partial charge in [-0.3, -0.25) is 9.69 Å². The zero-order chi connectivity index (χ0) is 18.4. The standard InChI is InChI=1S/C21H23ClN2O2/c1-26-19-7-4-5-17(15-19)16-23-11-13-24(14-12-23)21(25)10-9-18-6-2-3-8-20(18)22/h2-10,15H,11-14,16H2,1H3/b10-9+. The Labute approximate surface area is 159 Å². The first-order valence-corrected chi connectivity index (χ1v) is 9.10. The van der Waals surface area contributed by atoms with E-state index in [9.17, 15) is 4.79 Å². The van der Waals surface area contributed by atoms with Crippen LogP contribution in [-0.4, -0.2) is 49.0 Å². The molecule has 0 spiro atoms. The lowest BCUT2D eigenvalue weighted by Crippen LogP contribution is -2.47. The number of benzene rings is 2.